The van der Waals surface area contributed by atoms with Crippen molar-refractivity contribution in [1.29, 1.82) is 0 Å². The van der Waals surface area contributed by atoms with E-state index in [1.807, 2.05) is 0 Å². The molecule has 124 valence electrons. The van der Waals surface area contributed by atoms with Crippen molar-refractivity contribution in [1.82, 2.24) is 24.5 Å². The molecule has 0 radical (unpaired) electrons. The lowest BCUT2D eigenvalue weighted by molar-refractivity contribution is -0.198. The second kappa shape index (κ2) is 5.24. The van der Waals surface area contributed by atoms with Crippen molar-refractivity contribution in [2.24, 2.45) is 5.41 Å². The molecule has 2 heterocycles. The van der Waals surface area contributed by atoms with Gasteiger partial charge in [-0.3, -0.25) is 4.79 Å². The quantitative estimate of drug-likeness (QED) is 0.814. The second-order valence-corrected chi connectivity index (χ2v) is 7.66. The number of amides is 1. The van der Waals surface area contributed by atoms with Crippen molar-refractivity contribution in [3.63, 3.8) is 0 Å². The maximum atomic E-state index is 12.7. The van der Waals surface area contributed by atoms with Gasteiger partial charge < -0.3 is 9.64 Å². The molecule has 2 atom stereocenters. The highest BCUT2D eigenvalue weighted by Gasteiger charge is 2.60. The van der Waals surface area contributed by atoms with Crippen molar-refractivity contribution >= 4 is 27.6 Å². The van der Waals surface area contributed by atoms with Crippen molar-refractivity contribution in [3.8, 4) is 0 Å². The molecule has 7 nitrogen and oxygen atoms in total. The Labute approximate surface area is 143 Å². The van der Waals surface area contributed by atoms with Gasteiger partial charge in [-0.15, -0.1) is 5.10 Å². The Morgan fingerprint density at radius 2 is 2.17 bits per heavy atom. The first-order valence-electron chi connectivity index (χ1n) is 7.40. The van der Waals surface area contributed by atoms with E-state index in [1.54, 1.807) is 31.5 Å². The molecule has 0 spiro atoms. The first kappa shape index (κ1) is 16.3. The molecule has 1 fully saturated rings. The smallest absolute Gasteiger partial charge is 0.293 e. The third-order valence-electron chi connectivity index (χ3n) is 5.37. The molecule has 0 aromatic carbocycles. The van der Waals surface area contributed by atoms with Gasteiger partial charge in [0.25, 0.3) is 11.7 Å². The Balaban J connectivity index is 1.85. The number of carbonyl (C=O) groups is 1. The van der Waals surface area contributed by atoms with E-state index in [0.29, 0.717) is 5.78 Å². The van der Waals surface area contributed by atoms with Crippen molar-refractivity contribution in [2.45, 2.75) is 38.8 Å². The molecular weight excluding hydrogens is 362 g/mol. The molecule has 2 aromatic heterocycles. The van der Waals surface area contributed by atoms with E-state index >= 15 is 0 Å². The number of methoxy groups -OCH3 is 1. The van der Waals surface area contributed by atoms with Gasteiger partial charge >= 0.3 is 0 Å². The zero-order chi connectivity index (χ0) is 17.0. The Morgan fingerprint density at radius 3 is 2.78 bits per heavy atom. The van der Waals surface area contributed by atoms with Gasteiger partial charge in [0.1, 0.15) is 0 Å². The molecule has 3 rings (SSSR count). The van der Waals surface area contributed by atoms with Gasteiger partial charge in [-0.2, -0.15) is 4.98 Å². The van der Waals surface area contributed by atoms with E-state index < -0.39 is 0 Å². The molecule has 1 aliphatic rings. The monoisotopic (exact) mass is 381 g/mol. The molecule has 0 saturated heterocycles. The highest BCUT2D eigenvalue weighted by Crippen LogP contribution is 2.53. The lowest BCUT2D eigenvalue weighted by Gasteiger charge is -2.61. The number of nitrogens with zero attached hydrogens (tertiary/aromatic N) is 5. The summed E-state index contributed by atoms with van der Waals surface area (Å²) in [5.74, 6) is 0.349. The van der Waals surface area contributed by atoms with E-state index in [4.69, 9.17) is 4.74 Å². The van der Waals surface area contributed by atoms with Crippen LogP contribution in [-0.2, 0) is 4.74 Å². The molecule has 2 aromatic rings. The van der Waals surface area contributed by atoms with Crippen LogP contribution in [0.3, 0.4) is 0 Å². The Morgan fingerprint density at radius 1 is 1.48 bits per heavy atom. The lowest BCUT2D eigenvalue weighted by atomic mass is 9.55. The summed E-state index contributed by atoms with van der Waals surface area (Å²) in [6.45, 7) is 6.31. The molecule has 1 amide bonds. The van der Waals surface area contributed by atoms with Crippen LogP contribution in [0.15, 0.2) is 16.9 Å². The summed E-state index contributed by atoms with van der Waals surface area (Å²) in [6, 6.07) is 0.0752. The van der Waals surface area contributed by atoms with Crippen LogP contribution in [0.4, 0.5) is 0 Å². The fourth-order valence-electron chi connectivity index (χ4n) is 3.23. The average Bonchev–Trinajstić information content (AvgIpc) is 2.93. The van der Waals surface area contributed by atoms with Gasteiger partial charge in [-0.25, -0.2) is 9.50 Å². The second-order valence-electron chi connectivity index (χ2n) is 6.74. The Kier molecular flexibility index (Phi) is 3.72. The number of fused-ring (bicyclic) bond motifs is 1. The zero-order valence-corrected chi connectivity index (χ0v) is 15.5. The summed E-state index contributed by atoms with van der Waals surface area (Å²) in [4.78, 5) is 22.8. The lowest BCUT2D eigenvalue weighted by Crippen LogP contribution is -2.68. The molecule has 0 aliphatic heterocycles. The SMILES string of the molecule is COC1(C)CC(N(C)C(=O)c2nc3ncc(Br)cn3n2)C1(C)C. The summed E-state index contributed by atoms with van der Waals surface area (Å²) >= 11 is 3.33. The number of aromatic nitrogens is 4. The van der Waals surface area contributed by atoms with E-state index in [9.17, 15) is 4.79 Å². The molecule has 2 unspecified atom stereocenters. The minimum absolute atomic E-state index is 0.0752. The third kappa shape index (κ3) is 2.35. The van der Waals surface area contributed by atoms with Gasteiger partial charge in [0, 0.05) is 38.0 Å². The van der Waals surface area contributed by atoms with Gasteiger partial charge in [0.2, 0.25) is 5.82 Å². The summed E-state index contributed by atoms with van der Waals surface area (Å²) in [7, 11) is 3.51. The minimum atomic E-state index is -0.231. The molecule has 0 bridgehead atoms. The zero-order valence-electron chi connectivity index (χ0n) is 13.9. The largest absolute Gasteiger partial charge is 0.378 e. The first-order chi connectivity index (χ1) is 10.7. The standard InChI is InChI=1S/C15H20BrN5O2/c1-14(2)10(6-15(14,3)23-5)20(4)12(22)11-18-13-17-7-9(16)8-21(13)19-11/h7-8,10H,6H2,1-5H3. The Bertz CT molecular complexity index is 774. The van der Waals surface area contributed by atoms with E-state index in [1.165, 1.54) is 4.52 Å². The molecule has 8 heteroatoms. The van der Waals surface area contributed by atoms with E-state index in [0.717, 1.165) is 10.9 Å². The molecule has 1 saturated carbocycles. The third-order valence-corrected chi connectivity index (χ3v) is 5.78. The van der Waals surface area contributed by atoms with Crippen LogP contribution in [0.5, 0.6) is 0 Å². The van der Waals surface area contributed by atoms with E-state index in [-0.39, 0.29) is 28.8 Å². The van der Waals surface area contributed by atoms with Crippen molar-refractivity contribution < 1.29 is 9.53 Å². The van der Waals surface area contributed by atoms with Crippen LogP contribution in [0.1, 0.15) is 37.8 Å². The Hall–Kier alpha value is -1.54. The van der Waals surface area contributed by atoms with Crippen LogP contribution in [-0.4, -0.2) is 56.2 Å². The fourth-order valence-corrected chi connectivity index (χ4v) is 3.52. The summed E-state index contributed by atoms with van der Waals surface area (Å²) in [6.07, 6.45) is 4.14. The number of carbonyl (C=O) groups excluding carboxylic acids is 1. The topological polar surface area (TPSA) is 72.6 Å². The molecule has 23 heavy (non-hydrogen) atoms. The van der Waals surface area contributed by atoms with Crippen LogP contribution in [0.25, 0.3) is 5.78 Å². The highest BCUT2D eigenvalue weighted by atomic mass is 79.9. The number of hydrogen-bond donors (Lipinski definition) is 0. The maximum Gasteiger partial charge on any atom is 0.293 e. The summed E-state index contributed by atoms with van der Waals surface area (Å²) in [5, 5.41) is 4.23. The first-order valence-corrected chi connectivity index (χ1v) is 8.19. The fraction of sp³-hybridized carbons (Fsp3) is 0.600. The number of ether oxygens (including phenoxy) is 1. The summed E-state index contributed by atoms with van der Waals surface area (Å²) < 4.78 is 7.90. The van der Waals surface area contributed by atoms with Crippen LogP contribution in [0.2, 0.25) is 0 Å². The molecular formula is C15H20BrN5O2. The predicted octanol–water partition coefficient (Wildman–Crippen LogP) is 2.16. The van der Waals surface area contributed by atoms with Gasteiger partial charge in [-0.1, -0.05) is 13.8 Å². The van der Waals surface area contributed by atoms with Crippen LogP contribution in [0, 0.1) is 5.41 Å². The number of hydrogen-bond acceptors (Lipinski definition) is 5. The van der Waals surface area contributed by atoms with Gasteiger partial charge in [0.15, 0.2) is 0 Å². The van der Waals surface area contributed by atoms with Crippen LogP contribution >= 0.6 is 15.9 Å². The van der Waals surface area contributed by atoms with Gasteiger partial charge in [-0.05, 0) is 29.3 Å². The highest BCUT2D eigenvalue weighted by molar-refractivity contribution is 9.10. The minimum Gasteiger partial charge on any atom is -0.378 e. The van der Waals surface area contributed by atoms with E-state index in [2.05, 4.69) is 51.8 Å². The average molecular weight is 382 g/mol. The number of halogens is 1. The normalized spacial score (nSPS) is 26.1. The van der Waals surface area contributed by atoms with Crippen LogP contribution < -0.4 is 0 Å². The maximum absolute atomic E-state index is 12.7. The summed E-state index contributed by atoms with van der Waals surface area (Å²) in [5.41, 5.74) is -0.377. The number of rotatable bonds is 3. The van der Waals surface area contributed by atoms with Crippen molar-refractivity contribution in [2.75, 3.05) is 14.2 Å². The van der Waals surface area contributed by atoms with Gasteiger partial charge in [0.05, 0.1) is 10.1 Å². The van der Waals surface area contributed by atoms with Crippen molar-refractivity contribution in [3.05, 3.63) is 22.7 Å². The molecule has 1 aliphatic carbocycles. The predicted molar refractivity (Wildman–Crippen MR) is 88.2 cm³/mol. The molecule has 0 N–H and O–H groups in total.